The molecule has 4 aromatic rings. The summed E-state index contributed by atoms with van der Waals surface area (Å²) < 4.78 is 12.0. The van der Waals surface area contributed by atoms with Gasteiger partial charge >= 0.3 is 0 Å². The van der Waals surface area contributed by atoms with Gasteiger partial charge in [-0.1, -0.05) is 39.7 Å². The Bertz CT molecular complexity index is 1190. The molecule has 1 aromatic heterocycles. The highest BCUT2D eigenvalue weighted by Crippen LogP contribution is 2.32. The second kappa shape index (κ2) is 8.27. The molecule has 7 heteroatoms. The Morgan fingerprint density at radius 2 is 1.93 bits per heavy atom. The van der Waals surface area contributed by atoms with Crippen LogP contribution in [0, 0.1) is 0 Å². The highest BCUT2D eigenvalue weighted by atomic mass is 79.9. The Kier molecular flexibility index (Phi) is 5.56. The molecular weight excluding hydrogens is 456 g/mol. The lowest BCUT2D eigenvalue weighted by Gasteiger charge is -2.05. The van der Waals surface area contributed by atoms with Gasteiger partial charge < -0.3 is 14.5 Å². The fourth-order valence-corrected chi connectivity index (χ4v) is 3.44. The molecule has 29 heavy (non-hydrogen) atoms. The number of nitrogens with zero attached hydrogens (tertiary/aromatic N) is 1. The summed E-state index contributed by atoms with van der Waals surface area (Å²) in [5, 5.41) is 3.38. The van der Waals surface area contributed by atoms with Crippen LogP contribution in [0.3, 0.4) is 0 Å². The molecule has 0 aliphatic carbocycles. The van der Waals surface area contributed by atoms with Gasteiger partial charge in [0.05, 0.1) is 18.6 Å². The molecule has 0 unspecified atom stereocenters. The van der Waals surface area contributed by atoms with Crippen LogP contribution < -0.4 is 10.1 Å². The third kappa shape index (κ3) is 4.44. The Hall–Kier alpha value is -2.83. The van der Waals surface area contributed by atoms with E-state index in [1.165, 1.54) is 0 Å². The number of benzene rings is 3. The van der Waals surface area contributed by atoms with Crippen LogP contribution >= 0.6 is 27.5 Å². The maximum absolute atomic E-state index is 12.3. The number of nitrogens with one attached hydrogen (secondary N) is 1. The zero-order valence-corrected chi connectivity index (χ0v) is 17.8. The van der Waals surface area contributed by atoms with Gasteiger partial charge in [0.2, 0.25) is 11.8 Å². The van der Waals surface area contributed by atoms with E-state index in [2.05, 4.69) is 26.2 Å². The molecule has 0 saturated heterocycles. The quantitative estimate of drug-likeness (QED) is 0.382. The van der Waals surface area contributed by atoms with Gasteiger partial charge in [0.15, 0.2) is 5.58 Å². The molecular formula is C22H16BrClN2O3. The number of amides is 1. The van der Waals surface area contributed by atoms with Gasteiger partial charge in [0.25, 0.3) is 0 Å². The summed E-state index contributed by atoms with van der Waals surface area (Å²) in [5.74, 6) is 0.933. The van der Waals surface area contributed by atoms with E-state index < -0.39 is 0 Å². The minimum atomic E-state index is -0.0997. The van der Waals surface area contributed by atoms with Gasteiger partial charge in [0.1, 0.15) is 11.3 Å². The smallest absolute Gasteiger partial charge is 0.228 e. The van der Waals surface area contributed by atoms with Crippen molar-refractivity contribution in [1.29, 1.82) is 0 Å². The van der Waals surface area contributed by atoms with E-state index in [1.54, 1.807) is 37.4 Å². The molecule has 0 aliphatic rings. The number of halogens is 2. The van der Waals surface area contributed by atoms with Gasteiger partial charge in [0, 0.05) is 15.7 Å². The first-order chi connectivity index (χ1) is 14.0. The molecule has 0 radical (unpaired) electrons. The molecule has 0 atom stereocenters. The van der Waals surface area contributed by atoms with Crippen molar-refractivity contribution in [3.05, 3.63) is 75.7 Å². The number of ether oxygens (including phenoxy) is 1. The van der Waals surface area contributed by atoms with Gasteiger partial charge in [-0.15, -0.1) is 0 Å². The van der Waals surface area contributed by atoms with E-state index in [0.717, 1.165) is 15.6 Å². The first kappa shape index (κ1) is 19.5. The van der Waals surface area contributed by atoms with Crippen molar-refractivity contribution in [2.75, 3.05) is 12.4 Å². The third-order valence-corrected chi connectivity index (χ3v) is 5.17. The predicted molar refractivity (Wildman–Crippen MR) is 117 cm³/mol. The highest BCUT2D eigenvalue weighted by molar-refractivity contribution is 9.10. The van der Waals surface area contributed by atoms with Crippen molar-refractivity contribution < 1.29 is 13.9 Å². The maximum atomic E-state index is 12.3. The van der Waals surface area contributed by atoms with Crippen LogP contribution in [0.5, 0.6) is 5.75 Å². The Morgan fingerprint density at radius 1 is 1.14 bits per heavy atom. The van der Waals surface area contributed by atoms with Crippen LogP contribution in [0.15, 0.2) is 69.6 Å². The minimum absolute atomic E-state index is 0.0997. The number of rotatable bonds is 5. The molecule has 0 bridgehead atoms. The number of anilines is 1. The van der Waals surface area contributed by atoms with Gasteiger partial charge in [-0.25, -0.2) is 4.98 Å². The number of hydrogen-bond acceptors (Lipinski definition) is 4. The van der Waals surface area contributed by atoms with E-state index in [-0.39, 0.29) is 5.91 Å². The fourth-order valence-electron chi connectivity index (χ4n) is 2.92. The standard InChI is InChI=1S/C22H16BrClN2O3/c1-28-19-8-4-14(11-17(19)24)22-26-18-12-16(7-9-20(18)29-22)25-21(27)10-13-2-5-15(23)6-3-13/h2-9,11-12H,10H2,1H3,(H,25,27). The molecule has 0 fully saturated rings. The number of fused-ring (bicyclic) bond motifs is 1. The van der Waals surface area contributed by atoms with Crippen molar-refractivity contribution in [2.24, 2.45) is 0 Å². The van der Waals surface area contributed by atoms with Crippen LogP contribution in [0.25, 0.3) is 22.6 Å². The maximum Gasteiger partial charge on any atom is 0.228 e. The Morgan fingerprint density at radius 3 is 2.66 bits per heavy atom. The van der Waals surface area contributed by atoms with Crippen molar-refractivity contribution >= 4 is 50.2 Å². The molecule has 0 saturated carbocycles. The zero-order valence-electron chi connectivity index (χ0n) is 15.4. The monoisotopic (exact) mass is 470 g/mol. The lowest BCUT2D eigenvalue weighted by Crippen LogP contribution is -2.14. The number of methoxy groups -OCH3 is 1. The number of carbonyl (C=O) groups is 1. The Labute approximate surface area is 180 Å². The van der Waals surface area contributed by atoms with Crippen LogP contribution in [0.2, 0.25) is 5.02 Å². The number of aromatic nitrogens is 1. The van der Waals surface area contributed by atoms with Crippen LogP contribution in [0.4, 0.5) is 5.69 Å². The SMILES string of the molecule is COc1ccc(-c2nc3cc(NC(=O)Cc4ccc(Br)cc4)ccc3o2)cc1Cl. The van der Waals surface area contributed by atoms with Crippen LogP contribution in [0.1, 0.15) is 5.56 Å². The summed E-state index contributed by atoms with van der Waals surface area (Å²) in [6.07, 6.45) is 0.291. The minimum Gasteiger partial charge on any atom is -0.495 e. The number of hydrogen-bond donors (Lipinski definition) is 1. The summed E-state index contributed by atoms with van der Waals surface area (Å²) in [5.41, 5.74) is 3.61. The van der Waals surface area contributed by atoms with Crippen LogP contribution in [-0.2, 0) is 11.2 Å². The largest absolute Gasteiger partial charge is 0.495 e. The average molecular weight is 472 g/mol. The second-order valence-corrected chi connectivity index (χ2v) is 7.73. The summed E-state index contributed by atoms with van der Waals surface area (Å²) >= 11 is 9.58. The molecule has 0 spiro atoms. The second-order valence-electron chi connectivity index (χ2n) is 6.40. The third-order valence-electron chi connectivity index (χ3n) is 4.35. The molecule has 1 heterocycles. The van der Waals surface area contributed by atoms with Gasteiger partial charge in [-0.2, -0.15) is 0 Å². The van der Waals surface area contributed by atoms with E-state index in [1.807, 2.05) is 30.3 Å². The summed E-state index contributed by atoms with van der Waals surface area (Å²) in [6, 6.07) is 18.3. The van der Waals surface area contributed by atoms with Crippen LogP contribution in [-0.4, -0.2) is 18.0 Å². The molecule has 1 amide bonds. The van der Waals surface area contributed by atoms with Crippen molar-refractivity contribution in [2.45, 2.75) is 6.42 Å². The van der Waals surface area contributed by atoms with Crippen molar-refractivity contribution in [3.63, 3.8) is 0 Å². The molecule has 4 rings (SSSR count). The van der Waals surface area contributed by atoms with Crippen molar-refractivity contribution in [1.82, 2.24) is 4.98 Å². The van der Waals surface area contributed by atoms with Gasteiger partial charge in [-0.05, 0) is 54.1 Å². The van der Waals surface area contributed by atoms with E-state index in [0.29, 0.717) is 39.9 Å². The zero-order chi connectivity index (χ0) is 20.4. The fraction of sp³-hybridized carbons (Fsp3) is 0.0909. The predicted octanol–water partition coefficient (Wildman–Crippen LogP) is 6.10. The molecule has 1 N–H and O–H groups in total. The van der Waals surface area contributed by atoms with E-state index >= 15 is 0 Å². The summed E-state index contributed by atoms with van der Waals surface area (Å²) in [7, 11) is 1.56. The topological polar surface area (TPSA) is 64.4 Å². The summed E-state index contributed by atoms with van der Waals surface area (Å²) in [4.78, 5) is 16.9. The molecule has 3 aromatic carbocycles. The number of oxazole rings is 1. The van der Waals surface area contributed by atoms with E-state index in [9.17, 15) is 4.79 Å². The molecule has 5 nitrogen and oxygen atoms in total. The van der Waals surface area contributed by atoms with Gasteiger partial charge in [-0.3, -0.25) is 4.79 Å². The Balaban J connectivity index is 1.53. The first-order valence-corrected chi connectivity index (χ1v) is 9.98. The molecule has 146 valence electrons. The van der Waals surface area contributed by atoms with Crippen molar-refractivity contribution in [3.8, 4) is 17.2 Å². The average Bonchev–Trinajstić information content (AvgIpc) is 3.13. The normalized spacial score (nSPS) is 10.9. The highest BCUT2D eigenvalue weighted by Gasteiger charge is 2.12. The first-order valence-electron chi connectivity index (χ1n) is 8.80. The lowest BCUT2D eigenvalue weighted by molar-refractivity contribution is -0.115. The lowest BCUT2D eigenvalue weighted by atomic mass is 10.1. The van der Waals surface area contributed by atoms with E-state index in [4.69, 9.17) is 20.8 Å². The summed E-state index contributed by atoms with van der Waals surface area (Å²) in [6.45, 7) is 0. The number of carbonyl (C=O) groups excluding carboxylic acids is 1. The molecule has 0 aliphatic heterocycles.